The number of likely N-dealkylation sites (tertiary alicyclic amines) is 1. The predicted octanol–water partition coefficient (Wildman–Crippen LogP) is 4.11. The first-order chi connectivity index (χ1) is 16.8. The number of carbonyl (C=O) groups excluding carboxylic acids is 1. The molecule has 2 heterocycles. The Morgan fingerprint density at radius 3 is 2.23 bits per heavy atom. The fourth-order valence-electron chi connectivity index (χ4n) is 4.89. The summed E-state index contributed by atoms with van der Waals surface area (Å²) >= 11 is 0. The molecule has 0 atom stereocenters. The van der Waals surface area contributed by atoms with E-state index in [9.17, 15) is 13.2 Å². The number of nitrogens with one attached hydrogen (secondary N) is 2. The highest BCUT2D eigenvalue weighted by atomic mass is 32.2. The van der Waals surface area contributed by atoms with Crippen LogP contribution in [0, 0.1) is 5.92 Å². The van der Waals surface area contributed by atoms with Gasteiger partial charge in [0.2, 0.25) is 0 Å². The molecule has 0 spiro atoms. The maximum Gasteiger partial charge on any atom is 0.261 e. The van der Waals surface area contributed by atoms with Crippen molar-refractivity contribution in [2.24, 2.45) is 5.92 Å². The Hall–Kier alpha value is -2.58. The molecule has 0 radical (unpaired) electrons. The molecular weight excluding hydrogens is 460 g/mol. The summed E-state index contributed by atoms with van der Waals surface area (Å²) in [5.41, 5.74) is 2.97. The van der Waals surface area contributed by atoms with E-state index in [1.807, 2.05) is 23.1 Å². The SMILES string of the molecule is CC(C)Cc1ccc(S(=O)(=O)Nc2ccc(N3CCNCC3)c(C(=O)N3CCCCCC3)c2)cc1. The average Bonchev–Trinajstić information content (AvgIpc) is 3.13. The monoisotopic (exact) mass is 498 g/mol. The van der Waals surface area contributed by atoms with Crippen LogP contribution in [-0.2, 0) is 16.4 Å². The van der Waals surface area contributed by atoms with Crippen LogP contribution in [0.4, 0.5) is 11.4 Å². The predicted molar refractivity (Wildman–Crippen MR) is 142 cm³/mol. The molecule has 2 aliphatic rings. The molecule has 2 fully saturated rings. The lowest BCUT2D eigenvalue weighted by Crippen LogP contribution is -2.44. The second-order valence-electron chi connectivity index (χ2n) is 10.0. The molecule has 2 aromatic rings. The highest BCUT2D eigenvalue weighted by molar-refractivity contribution is 7.92. The van der Waals surface area contributed by atoms with Crippen molar-refractivity contribution in [1.82, 2.24) is 10.2 Å². The van der Waals surface area contributed by atoms with Crippen LogP contribution in [0.2, 0.25) is 0 Å². The summed E-state index contributed by atoms with van der Waals surface area (Å²) in [7, 11) is -3.77. The lowest BCUT2D eigenvalue weighted by molar-refractivity contribution is 0.0762. The van der Waals surface area contributed by atoms with Gasteiger partial charge >= 0.3 is 0 Å². The molecule has 7 nitrogen and oxygen atoms in total. The second kappa shape index (κ2) is 11.4. The smallest absolute Gasteiger partial charge is 0.261 e. The van der Waals surface area contributed by atoms with Crippen LogP contribution >= 0.6 is 0 Å². The van der Waals surface area contributed by atoms with Crippen LogP contribution in [0.5, 0.6) is 0 Å². The third-order valence-electron chi connectivity index (χ3n) is 6.71. The van der Waals surface area contributed by atoms with Gasteiger partial charge in [0.15, 0.2) is 0 Å². The number of nitrogens with zero attached hydrogens (tertiary/aromatic N) is 2. The third kappa shape index (κ3) is 6.55. The van der Waals surface area contributed by atoms with E-state index >= 15 is 0 Å². The summed E-state index contributed by atoms with van der Waals surface area (Å²) in [4.78, 5) is 18.0. The first kappa shape index (κ1) is 25.5. The lowest BCUT2D eigenvalue weighted by atomic mass is 10.0. The summed E-state index contributed by atoms with van der Waals surface area (Å²) < 4.78 is 29.0. The van der Waals surface area contributed by atoms with Crippen molar-refractivity contribution >= 4 is 27.3 Å². The molecule has 0 bridgehead atoms. The van der Waals surface area contributed by atoms with Gasteiger partial charge in [-0.15, -0.1) is 0 Å². The van der Waals surface area contributed by atoms with Crippen LogP contribution in [0.3, 0.4) is 0 Å². The Labute approximate surface area is 209 Å². The molecule has 35 heavy (non-hydrogen) atoms. The molecule has 8 heteroatoms. The van der Waals surface area contributed by atoms with E-state index in [0.29, 0.717) is 17.2 Å². The molecule has 4 rings (SSSR count). The molecule has 0 aromatic heterocycles. The molecule has 0 saturated carbocycles. The second-order valence-corrected chi connectivity index (χ2v) is 11.7. The van der Waals surface area contributed by atoms with E-state index < -0.39 is 10.0 Å². The summed E-state index contributed by atoms with van der Waals surface area (Å²) in [6.07, 6.45) is 5.21. The van der Waals surface area contributed by atoms with E-state index in [4.69, 9.17) is 0 Å². The topological polar surface area (TPSA) is 81.8 Å². The van der Waals surface area contributed by atoms with E-state index in [0.717, 1.165) is 82.6 Å². The van der Waals surface area contributed by atoms with Gasteiger partial charge in [0.1, 0.15) is 0 Å². The number of amides is 1. The largest absolute Gasteiger partial charge is 0.368 e. The van der Waals surface area contributed by atoms with Crippen LogP contribution in [-0.4, -0.2) is 58.5 Å². The van der Waals surface area contributed by atoms with Gasteiger partial charge in [-0.1, -0.05) is 38.8 Å². The minimum Gasteiger partial charge on any atom is -0.368 e. The molecule has 2 saturated heterocycles. The summed E-state index contributed by atoms with van der Waals surface area (Å²) in [5.74, 6) is 0.490. The molecular formula is C27H38N4O3S. The van der Waals surface area contributed by atoms with Gasteiger partial charge in [-0.2, -0.15) is 0 Å². The molecule has 1 amide bonds. The Bertz CT molecular complexity index is 1100. The van der Waals surface area contributed by atoms with Gasteiger partial charge in [-0.25, -0.2) is 8.42 Å². The van der Waals surface area contributed by atoms with Crippen molar-refractivity contribution in [3.05, 3.63) is 53.6 Å². The van der Waals surface area contributed by atoms with Gasteiger partial charge in [-0.05, 0) is 61.1 Å². The van der Waals surface area contributed by atoms with Crippen molar-refractivity contribution in [2.45, 2.75) is 50.8 Å². The van der Waals surface area contributed by atoms with E-state index in [-0.39, 0.29) is 10.8 Å². The van der Waals surface area contributed by atoms with E-state index in [1.54, 1.807) is 24.3 Å². The summed E-state index contributed by atoms with van der Waals surface area (Å²) in [5, 5.41) is 3.35. The number of carbonyl (C=O) groups is 1. The number of piperazine rings is 1. The zero-order valence-corrected chi connectivity index (χ0v) is 21.7. The molecule has 2 aromatic carbocycles. The number of anilines is 2. The molecule has 0 aliphatic carbocycles. The number of rotatable bonds is 7. The Kier molecular flexibility index (Phi) is 8.34. The normalized spacial score (nSPS) is 17.3. The maximum atomic E-state index is 13.6. The molecule has 2 N–H and O–H groups in total. The van der Waals surface area contributed by atoms with Crippen molar-refractivity contribution in [3.8, 4) is 0 Å². The highest BCUT2D eigenvalue weighted by Gasteiger charge is 2.25. The Morgan fingerprint density at radius 1 is 0.943 bits per heavy atom. The van der Waals surface area contributed by atoms with E-state index in [2.05, 4.69) is 28.8 Å². The van der Waals surface area contributed by atoms with Gasteiger partial charge in [0.05, 0.1) is 10.5 Å². The standard InChI is InChI=1S/C27H38N4O3S/c1-21(2)19-22-7-10-24(11-8-22)35(33,34)29-23-9-12-26(30-17-13-28-14-18-30)25(20-23)27(32)31-15-5-3-4-6-16-31/h7-12,20-21,28-29H,3-6,13-19H2,1-2H3. The molecule has 2 aliphatic heterocycles. The van der Waals surface area contributed by atoms with Crippen LogP contribution in [0.25, 0.3) is 0 Å². The van der Waals surface area contributed by atoms with Gasteiger partial charge in [0, 0.05) is 50.6 Å². The van der Waals surface area contributed by atoms with Crippen LogP contribution < -0.4 is 14.9 Å². The summed E-state index contributed by atoms with van der Waals surface area (Å²) in [6.45, 7) is 9.12. The fourth-order valence-corrected chi connectivity index (χ4v) is 5.94. The van der Waals surface area contributed by atoms with Gasteiger partial charge < -0.3 is 15.1 Å². The van der Waals surface area contributed by atoms with Gasteiger partial charge in [0.25, 0.3) is 15.9 Å². The third-order valence-corrected chi connectivity index (χ3v) is 8.10. The quantitative estimate of drug-likeness (QED) is 0.600. The van der Waals surface area contributed by atoms with Crippen molar-refractivity contribution in [2.75, 3.05) is 48.9 Å². The number of hydrogen-bond acceptors (Lipinski definition) is 5. The van der Waals surface area contributed by atoms with Crippen molar-refractivity contribution in [3.63, 3.8) is 0 Å². The Balaban J connectivity index is 1.61. The maximum absolute atomic E-state index is 13.6. The Morgan fingerprint density at radius 2 is 1.60 bits per heavy atom. The number of benzene rings is 2. The lowest BCUT2D eigenvalue weighted by Gasteiger charge is -2.32. The van der Waals surface area contributed by atoms with Crippen LogP contribution in [0.1, 0.15) is 55.5 Å². The van der Waals surface area contributed by atoms with Gasteiger partial charge in [-0.3, -0.25) is 9.52 Å². The van der Waals surface area contributed by atoms with Crippen LogP contribution in [0.15, 0.2) is 47.4 Å². The van der Waals surface area contributed by atoms with Crippen molar-refractivity contribution in [1.29, 1.82) is 0 Å². The molecule has 0 unspecified atom stereocenters. The van der Waals surface area contributed by atoms with Crippen molar-refractivity contribution < 1.29 is 13.2 Å². The average molecular weight is 499 g/mol. The first-order valence-corrected chi connectivity index (χ1v) is 14.3. The summed E-state index contributed by atoms with van der Waals surface area (Å²) in [6, 6.07) is 12.4. The zero-order valence-electron chi connectivity index (χ0n) is 20.9. The zero-order chi connectivity index (χ0) is 24.8. The number of hydrogen-bond donors (Lipinski definition) is 2. The minimum absolute atomic E-state index is 0.0143. The highest BCUT2D eigenvalue weighted by Crippen LogP contribution is 2.28. The molecule has 190 valence electrons. The minimum atomic E-state index is -3.77. The first-order valence-electron chi connectivity index (χ1n) is 12.8. The number of sulfonamides is 1. The van der Waals surface area contributed by atoms with E-state index in [1.165, 1.54) is 0 Å². The fraction of sp³-hybridized carbons (Fsp3) is 0.519.